The number of pyridine rings is 1. The number of amides is 1. The molecule has 7 nitrogen and oxygen atoms in total. The van der Waals surface area contributed by atoms with Gasteiger partial charge >= 0.3 is 0 Å². The Morgan fingerprint density at radius 3 is 2.84 bits per heavy atom. The fourth-order valence-corrected chi connectivity index (χ4v) is 3.05. The second-order valence-electron chi connectivity index (χ2n) is 6.66. The zero-order valence-corrected chi connectivity index (χ0v) is 14.1. The van der Waals surface area contributed by atoms with E-state index in [0.29, 0.717) is 11.6 Å². The molecular formula is C18H19N5O2. The van der Waals surface area contributed by atoms with Crippen LogP contribution < -0.4 is 10.9 Å². The van der Waals surface area contributed by atoms with E-state index in [1.54, 1.807) is 12.3 Å². The van der Waals surface area contributed by atoms with Crippen molar-refractivity contribution in [2.75, 3.05) is 0 Å². The number of hydrogen-bond acceptors (Lipinski definition) is 4. The minimum absolute atomic E-state index is 0.0256. The maximum absolute atomic E-state index is 12.7. The van der Waals surface area contributed by atoms with Crippen LogP contribution in [0.25, 0.3) is 5.65 Å². The Hall–Kier alpha value is -2.96. The van der Waals surface area contributed by atoms with Gasteiger partial charge in [0.25, 0.3) is 11.5 Å². The average molecular weight is 337 g/mol. The Morgan fingerprint density at radius 2 is 2.12 bits per heavy atom. The Kier molecular flexibility index (Phi) is 3.63. The number of fused-ring (bicyclic) bond motifs is 1. The normalized spacial score (nSPS) is 15.3. The van der Waals surface area contributed by atoms with Crippen LogP contribution in [0.15, 0.2) is 35.4 Å². The van der Waals surface area contributed by atoms with Crippen molar-refractivity contribution >= 4 is 11.6 Å². The zero-order valence-electron chi connectivity index (χ0n) is 14.1. The third-order valence-corrected chi connectivity index (χ3v) is 4.50. The van der Waals surface area contributed by atoms with Gasteiger partial charge < -0.3 is 5.32 Å². The molecule has 128 valence electrons. The van der Waals surface area contributed by atoms with Crippen LogP contribution in [0.5, 0.6) is 0 Å². The van der Waals surface area contributed by atoms with Gasteiger partial charge in [-0.05, 0) is 50.3 Å². The molecule has 3 aromatic rings. The molecule has 1 saturated carbocycles. The molecule has 1 aliphatic rings. The maximum Gasteiger partial charge on any atom is 0.285 e. The van der Waals surface area contributed by atoms with Crippen molar-refractivity contribution in [1.82, 2.24) is 24.9 Å². The first-order valence-electron chi connectivity index (χ1n) is 8.34. The first-order chi connectivity index (χ1) is 12.0. The predicted molar refractivity (Wildman–Crippen MR) is 92.5 cm³/mol. The second kappa shape index (κ2) is 5.84. The highest BCUT2D eigenvalue weighted by Gasteiger charge is 2.35. The van der Waals surface area contributed by atoms with Crippen molar-refractivity contribution < 1.29 is 4.79 Å². The molecular weight excluding hydrogens is 318 g/mol. The summed E-state index contributed by atoms with van der Waals surface area (Å²) in [5, 5.41) is 5.88. The van der Waals surface area contributed by atoms with Gasteiger partial charge in [0.15, 0.2) is 5.65 Å². The number of aromatic amines is 1. The molecule has 0 spiro atoms. The van der Waals surface area contributed by atoms with Crippen LogP contribution >= 0.6 is 0 Å². The van der Waals surface area contributed by atoms with Crippen LogP contribution in [0.4, 0.5) is 0 Å². The van der Waals surface area contributed by atoms with Crippen LogP contribution in [0, 0.1) is 19.8 Å². The lowest BCUT2D eigenvalue weighted by Crippen LogP contribution is -2.35. The van der Waals surface area contributed by atoms with E-state index < -0.39 is 11.5 Å². The number of rotatable bonds is 4. The monoisotopic (exact) mass is 337 g/mol. The molecule has 0 aliphatic heterocycles. The van der Waals surface area contributed by atoms with E-state index in [1.165, 1.54) is 10.7 Å². The van der Waals surface area contributed by atoms with E-state index in [2.05, 4.69) is 20.4 Å². The second-order valence-corrected chi connectivity index (χ2v) is 6.66. The summed E-state index contributed by atoms with van der Waals surface area (Å²) in [4.78, 5) is 33.9. The third-order valence-electron chi connectivity index (χ3n) is 4.50. The number of nitrogens with one attached hydrogen (secondary N) is 2. The van der Waals surface area contributed by atoms with Crippen LogP contribution in [0.1, 0.15) is 46.2 Å². The summed E-state index contributed by atoms with van der Waals surface area (Å²) >= 11 is 0. The molecule has 7 heteroatoms. The molecule has 1 atom stereocenters. The first kappa shape index (κ1) is 15.6. The molecule has 1 amide bonds. The van der Waals surface area contributed by atoms with Crippen molar-refractivity contribution in [3.8, 4) is 0 Å². The molecule has 0 radical (unpaired) electrons. The third kappa shape index (κ3) is 2.93. The number of aryl methyl sites for hydroxylation is 2. The summed E-state index contributed by atoms with van der Waals surface area (Å²) < 4.78 is 1.29. The van der Waals surface area contributed by atoms with Gasteiger partial charge in [0.1, 0.15) is 5.56 Å². The smallest absolute Gasteiger partial charge is 0.285 e. The number of H-pyrrole nitrogens is 1. The van der Waals surface area contributed by atoms with Gasteiger partial charge in [0.2, 0.25) is 0 Å². The van der Waals surface area contributed by atoms with Crippen molar-refractivity contribution in [1.29, 1.82) is 0 Å². The van der Waals surface area contributed by atoms with E-state index >= 15 is 0 Å². The summed E-state index contributed by atoms with van der Waals surface area (Å²) in [5.41, 5.74) is 2.86. The first-order valence-corrected chi connectivity index (χ1v) is 8.34. The Morgan fingerprint density at radius 1 is 1.32 bits per heavy atom. The minimum Gasteiger partial charge on any atom is -0.343 e. The summed E-state index contributed by atoms with van der Waals surface area (Å²) in [5.74, 6) is -0.0511. The van der Waals surface area contributed by atoms with E-state index in [1.807, 2.05) is 26.0 Å². The number of aromatic nitrogens is 4. The molecule has 25 heavy (non-hydrogen) atoms. The molecule has 1 aliphatic carbocycles. The average Bonchev–Trinajstić information content (AvgIpc) is 3.34. The van der Waals surface area contributed by atoms with Crippen LogP contribution in [-0.4, -0.2) is 25.5 Å². The van der Waals surface area contributed by atoms with Crippen molar-refractivity contribution in [2.24, 2.45) is 5.92 Å². The molecule has 0 bridgehead atoms. The number of carbonyl (C=O) groups is 1. The standard InChI is InChI=1S/C18H19N5O2/c1-10-5-6-19-14(7-10)16(12-3-4-12)21-17(24)13-9-20-15-8-11(2)22-23(15)18(13)25/h5-9,12,16,22H,3-4H2,1-2H3,(H,21,24)/t16-/m1/s1. The van der Waals surface area contributed by atoms with Gasteiger partial charge in [-0.15, -0.1) is 0 Å². The number of carbonyl (C=O) groups excluding carboxylic acids is 1. The topological polar surface area (TPSA) is 92.2 Å². The fourth-order valence-electron chi connectivity index (χ4n) is 3.05. The molecule has 2 N–H and O–H groups in total. The van der Waals surface area contributed by atoms with E-state index in [9.17, 15) is 9.59 Å². The molecule has 3 heterocycles. The summed E-state index contributed by atoms with van der Waals surface area (Å²) in [6.45, 7) is 3.83. The van der Waals surface area contributed by atoms with Crippen molar-refractivity contribution in [2.45, 2.75) is 32.7 Å². The van der Waals surface area contributed by atoms with E-state index in [-0.39, 0.29) is 11.6 Å². The largest absolute Gasteiger partial charge is 0.343 e. The van der Waals surface area contributed by atoms with Crippen molar-refractivity contribution in [3.63, 3.8) is 0 Å². The van der Waals surface area contributed by atoms with Crippen molar-refractivity contribution in [3.05, 3.63) is 63.5 Å². The fraction of sp³-hybridized carbons (Fsp3) is 0.333. The van der Waals surface area contributed by atoms with Gasteiger partial charge in [0, 0.05) is 24.2 Å². The maximum atomic E-state index is 12.7. The molecule has 1 fully saturated rings. The quantitative estimate of drug-likeness (QED) is 0.761. The lowest BCUT2D eigenvalue weighted by Gasteiger charge is -2.18. The van der Waals surface area contributed by atoms with Gasteiger partial charge in [0.05, 0.1) is 11.7 Å². The molecule has 4 rings (SSSR count). The van der Waals surface area contributed by atoms with Gasteiger partial charge in [-0.3, -0.25) is 19.7 Å². The lowest BCUT2D eigenvalue weighted by molar-refractivity contribution is 0.0928. The zero-order chi connectivity index (χ0) is 17.6. The highest BCUT2D eigenvalue weighted by atomic mass is 16.2. The summed E-state index contributed by atoms with van der Waals surface area (Å²) in [7, 11) is 0. The van der Waals surface area contributed by atoms with Gasteiger partial charge in [-0.2, -0.15) is 0 Å². The number of hydrogen-bond donors (Lipinski definition) is 2. The highest BCUT2D eigenvalue weighted by Crippen LogP contribution is 2.40. The lowest BCUT2D eigenvalue weighted by atomic mass is 10.1. The molecule has 3 aromatic heterocycles. The van der Waals surface area contributed by atoms with Crippen LogP contribution in [0.3, 0.4) is 0 Å². The molecule has 0 aromatic carbocycles. The van der Waals surface area contributed by atoms with Gasteiger partial charge in [-0.1, -0.05) is 0 Å². The van der Waals surface area contributed by atoms with Gasteiger partial charge in [-0.25, -0.2) is 9.50 Å². The molecule has 0 unspecified atom stereocenters. The number of nitrogens with zero attached hydrogens (tertiary/aromatic N) is 3. The Labute approximate surface area is 144 Å². The Balaban J connectivity index is 1.66. The minimum atomic E-state index is -0.417. The summed E-state index contributed by atoms with van der Waals surface area (Å²) in [6, 6.07) is 5.48. The van der Waals surface area contributed by atoms with E-state index in [4.69, 9.17) is 0 Å². The van der Waals surface area contributed by atoms with Crippen LogP contribution in [0.2, 0.25) is 0 Å². The SMILES string of the molecule is Cc1ccnc([C@H](NC(=O)c2cnc3cc(C)[nH]n3c2=O)C2CC2)c1. The summed E-state index contributed by atoms with van der Waals surface area (Å²) in [6.07, 6.45) is 5.18. The highest BCUT2D eigenvalue weighted by molar-refractivity contribution is 5.94. The Bertz CT molecular complexity index is 1020. The molecule has 0 saturated heterocycles. The predicted octanol–water partition coefficient (Wildman–Crippen LogP) is 1.92. The van der Waals surface area contributed by atoms with E-state index in [0.717, 1.165) is 29.8 Å². The van der Waals surface area contributed by atoms with Crippen LogP contribution in [-0.2, 0) is 0 Å².